The highest BCUT2D eigenvalue weighted by molar-refractivity contribution is 6.14. The maximum Gasteiger partial charge on any atom is 0.0561 e. The lowest BCUT2D eigenvalue weighted by Gasteiger charge is -2.13. The average molecular weight is 739 g/mol. The van der Waals surface area contributed by atoms with Gasteiger partial charge in [0.25, 0.3) is 0 Å². The molecule has 4 aromatic heterocycles. The molecule has 0 atom stereocenters. The van der Waals surface area contributed by atoms with Gasteiger partial charge in [-0.2, -0.15) is 0 Å². The molecule has 0 aliphatic heterocycles. The zero-order chi connectivity index (χ0) is 37.9. The van der Waals surface area contributed by atoms with Gasteiger partial charge >= 0.3 is 0 Å². The highest BCUT2D eigenvalue weighted by Crippen LogP contribution is 2.40. The van der Waals surface area contributed by atoms with Crippen LogP contribution in [0, 0.1) is 0 Å². The van der Waals surface area contributed by atoms with Crippen LogP contribution in [0.3, 0.4) is 0 Å². The van der Waals surface area contributed by atoms with Crippen molar-refractivity contribution >= 4 is 87.2 Å². The number of hydrogen-bond acceptors (Lipinski definition) is 0. The Bertz CT molecular complexity index is 3740. The predicted octanol–water partition coefficient (Wildman–Crippen LogP) is 14.1. The molecule has 4 heterocycles. The fourth-order valence-electron chi connectivity index (χ4n) is 9.91. The molecule has 4 nitrogen and oxygen atoms in total. The smallest absolute Gasteiger partial charge is 0.0561 e. The van der Waals surface area contributed by atoms with Gasteiger partial charge in [0.2, 0.25) is 0 Å². The summed E-state index contributed by atoms with van der Waals surface area (Å²) in [5.41, 5.74) is 14.1. The van der Waals surface area contributed by atoms with Crippen molar-refractivity contribution in [3.63, 3.8) is 0 Å². The molecule has 0 radical (unpaired) electrons. The molecule has 0 N–H and O–H groups in total. The van der Waals surface area contributed by atoms with Gasteiger partial charge in [-0.3, -0.25) is 0 Å². The summed E-state index contributed by atoms with van der Waals surface area (Å²) in [6.45, 7) is 0. The van der Waals surface area contributed by atoms with E-state index in [0.717, 1.165) is 22.7 Å². The summed E-state index contributed by atoms with van der Waals surface area (Å²) >= 11 is 0. The van der Waals surface area contributed by atoms with Crippen LogP contribution in [-0.4, -0.2) is 18.3 Å². The number of benzene rings is 9. The van der Waals surface area contributed by atoms with Crippen molar-refractivity contribution in [1.29, 1.82) is 0 Å². The van der Waals surface area contributed by atoms with Gasteiger partial charge in [-0.1, -0.05) is 121 Å². The lowest BCUT2D eigenvalue weighted by atomic mass is 10.1. The standard InChI is InChI=1S/C54H34N4/c1-2-14-35(15-3-1)55-51-25-13-8-20-43(51)46-32-36(28-31-52(46)55)57-49-23-11-6-18-41(49)44-30-27-38(34-53(44)57)58-50-24-12-7-19-42(50)45-29-26-37(33-54(45)58)56-47-21-9-4-16-39(47)40-17-5-10-22-48(40)56/h1-34H. The van der Waals surface area contributed by atoms with Crippen molar-refractivity contribution in [2.24, 2.45) is 0 Å². The summed E-state index contributed by atoms with van der Waals surface area (Å²) in [5, 5.41) is 9.96. The lowest BCUT2D eigenvalue weighted by Crippen LogP contribution is -1.98. The average Bonchev–Trinajstić information content (AvgIpc) is 4.01. The van der Waals surface area contributed by atoms with E-state index in [2.05, 4.69) is 225 Å². The van der Waals surface area contributed by atoms with Crippen LogP contribution >= 0.6 is 0 Å². The molecule has 4 heteroatoms. The minimum Gasteiger partial charge on any atom is -0.309 e. The Morgan fingerprint density at radius 1 is 0.172 bits per heavy atom. The Labute approximate surface area is 333 Å². The Balaban J connectivity index is 1.07. The fourth-order valence-corrected chi connectivity index (χ4v) is 9.91. The van der Waals surface area contributed by atoms with Crippen LogP contribution < -0.4 is 0 Å². The van der Waals surface area contributed by atoms with E-state index in [9.17, 15) is 0 Å². The predicted molar refractivity (Wildman–Crippen MR) is 244 cm³/mol. The van der Waals surface area contributed by atoms with Crippen LogP contribution in [0.25, 0.3) is 110 Å². The maximum atomic E-state index is 2.46. The van der Waals surface area contributed by atoms with Crippen molar-refractivity contribution in [3.8, 4) is 22.7 Å². The lowest BCUT2D eigenvalue weighted by molar-refractivity contribution is 1.14. The zero-order valence-electron chi connectivity index (χ0n) is 31.4. The van der Waals surface area contributed by atoms with Gasteiger partial charge in [0.15, 0.2) is 0 Å². The first-order chi connectivity index (χ1) is 28.8. The van der Waals surface area contributed by atoms with Gasteiger partial charge in [0, 0.05) is 65.8 Å². The minimum absolute atomic E-state index is 1.13. The number of fused-ring (bicyclic) bond motifs is 12. The molecule has 0 aliphatic rings. The molecule has 0 unspecified atom stereocenters. The first kappa shape index (κ1) is 31.4. The monoisotopic (exact) mass is 738 g/mol. The van der Waals surface area contributed by atoms with Gasteiger partial charge in [-0.05, 0) is 84.9 Å². The molecule has 0 aliphatic carbocycles. The molecule has 0 fully saturated rings. The summed E-state index contributed by atoms with van der Waals surface area (Å²) in [6.07, 6.45) is 0. The zero-order valence-corrected chi connectivity index (χ0v) is 31.4. The third-order valence-electron chi connectivity index (χ3n) is 12.3. The van der Waals surface area contributed by atoms with Crippen LogP contribution in [0.1, 0.15) is 0 Å². The van der Waals surface area contributed by atoms with E-state index in [-0.39, 0.29) is 0 Å². The summed E-state index contributed by atoms with van der Waals surface area (Å²) in [6, 6.07) is 75.5. The summed E-state index contributed by atoms with van der Waals surface area (Å²) < 4.78 is 9.71. The number of rotatable bonds is 4. The molecule has 13 aromatic rings. The molecule has 9 aromatic carbocycles. The van der Waals surface area contributed by atoms with Crippen molar-refractivity contribution in [2.75, 3.05) is 0 Å². The van der Waals surface area contributed by atoms with E-state index in [0.29, 0.717) is 0 Å². The van der Waals surface area contributed by atoms with Crippen LogP contribution in [0.2, 0.25) is 0 Å². The Morgan fingerprint density at radius 2 is 0.466 bits per heavy atom. The SMILES string of the molecule is c1ccc(-n2c3ccccc3c3cc(-n4c5ccccc5c5ccc(-n6c7ccccc7c7ccc(-n8c9ccccc9c9ccccc98)cc76)cc54)ccc32)cc1. The number of hydrogen-bond donors (Lipinski definition) is 0. The first-order valence-electron chi connectivity index (χ1n) is 19.9. The van der Waals surface area contributed by atoms with Crippen molar-refractivity contribution in [3.05, 3.63) is 206 Å². The van der Waals surface area contributed by atoms with Gasteiger partial charge in [0.1, 0.15) is 0 Å². The molecule has 0 bridgehead atoms. The third kappa shape index (κ3) is 4.29. The molecular formula is C54H34N4. The molecule has 270 valence electrons. The van der Waals surface area contributed by atoms with Gasteiger partial charge in [-0.15, -0.1) is 0 Å². The molecule has 58 heavy (non-hydrogen) atoms. The van der Waals surface area contributed by atoms with Crippen LogP contribution in [-0.2, 0) is 0 Å². The molecule has 0 saturated heterocycles. The summed E-state index contributed by atoms with van der Waals surface area (Å²) in [4.78, 5) is 0. The molecule has 13 rings (SSSR count). The second-order valence-corrected chi connectivity index (χ2v) is 15.4. The molecular weight excluding hydrogens is 705 g/mol. The highest BCUT2D eigenvalue weighted by Gasteiger charge is 2.20. The van der Waals surface area contributed by atoms with E-state index in [1.54, 1.807) is 0 Å². The van der Waals surface area contributed by atoms with E-state index in [4.69, 9.17) is 0 Å². The van der Waals surface area contributed by atoms with Gasteiger partial charge < -0.3 is 18.3 Å². The van der Waals surface area contributed by atoms with E-state index in [1.165, 1.54) is 87.2 Å². The number of aromatic nitrogens is 4. The molecule has 0 amide bonds. The van der Waals surface area contributed by atoms with Crippen molar-refractivity contribution < 1.29 is 0 Å². The Hall–Kier alpha value is -7.82. The summed E-state index contributed by atoms with van der Waals surface area (Å²) in [7, 11) is 0. The summed E-state index contributed by atoms with van der Waals surface area (Å²) in [5.74, 6) is 0. The highest BCUT2D eigenvalue weighted by atomic mass is 15.0. The Morgan fingerprint density at radius 3 is 0.914 bits per heavy atom. The first-order valence-corrected chi connectivity index (χ1v) is 19.9. The quantitative estimate of drug-likeness (QED) is 0.171. The Kier molecular flexibility index (Phi) is 6.41. The fraction of sp³-hybridized carbons (Fsp3) is 0. The second-order valence-electron chi connectivity index (χ2n) is 15.4. The maximum absolute atomic E-state index is 2.46. The minimum atomic E-state index is 1.13. The number of para-hydroxylation sites is 6. The third-order valence-corrected chi connectivity index (χ3v) is 12.3. The van der Waals surface area contributed by atoms with Gasteiger partial charge in [0.05, 0.1) is 44.1 Å². The van der Waals surface area contributed by atoms with Gasteiger partial charge in [-0.25, -0.2) is 0 Å². The van der Waals surface area contributed by atoms with Crippen LogP contribution in [0.5, 0.6) is 0 Å². The topological polar surface area (TPSA) is 19.7 Å². The second kappa shape index (κ2) is 11.8. The van der Waals surface area contributed by atoms with Crippen molar-refractivity contribution in [2.45, 2.75) is 0 Å². The van der Waals surface area contributed by atoms with Crippen LogP contribution in [0.4, 0.5) is 0 Å². The molecule has 0 spiro atoms. The normalized spacial score (nSPS) is 12.1. The van der Waals surface area contributed by atoms with E-state index in [1.807, 2.05) is 0 Å². The largest absolute Gasteiger partial charge is 0.309 e. The van der Waals surface area contributed by atoms with E-state index < -0.39 is 0 Å². The van der Waals surface area contributed by atoms with Crippen molar-refractivity contribution in [1.82, 2.24) is 18.3 Å². The van der Waals surface area contributed by atoms with Crippen LogP contribution in [0.15, 0.2) is 206 Å². The molecule has 0 saturated carbocycles. The van der Waals surface area contributed by atoms with E-state index >= 15 is 0 Å². The number of nitrogens with zero attached hydrogens (tertiary/aromatic N) is 4.